The van der Waals surface area contributed by atoms with Crippen LogP contribution in [0.1, 0.15) is 6.42 Å². The second-order valence-corrected chi connectivity index (χ2v) is 5.47. The van der Waals surface area contributed by atoms with Gasteiger partial charge in [0.25, 0.3) is 0 Å². The van der Waals surface area contributed by atoms with Crippen LogP contribution in [0.2, 0.25) is 0 Å². The third-order valence-corrected chi connectivity index (χ3v) is 3.42. The van der Waals surface area contributed by atoms with Gasteiger partial charge in [0, 0.05) is 11.9 Å². The highest BCUT2D eigenvalue weighted by Gasteiger charge is 2.10. The molecular formula is C17H20N4O. The van der Waals surface area contributed by atoms with E-state index in [4.69, 9.17) is 4.42 Å². The summed E-state index contributed by atoms with van der Waals surface area (Å²) in [5.74, 6) is 2.15. The summed E-state index contributed by atoms with van der Waals surface area (Å²) in [6.45, 7) is 1.91. The molecule has 22 heavy (non-hydrogen) atoms. The predicted octanol–water partition coefficient (Wildman–Crippen LogP) is 3.25. The Labute approximate surface area is 130 Å². The van der Waals surface area contributed by atoms with Gasteiger partial charge in [-0.15, -0.1) is 0 Å². The van der Waals surface area contributed by atoms with Crippen LogP contribution in [0.15, 0.2) is 47.1 Å². The van der Waals surface area contributed by atoms with Crippen molar-refractivity contribution in [2.45, 2.75) is 6.42 Å². The fourth-order valence-electron chi connectivity index (χ4n) is 2.33. The average molecular weight is 296 g/mol. The van der Waals surface area contributed by atoms with Crippen molar-refractivity contribution in [3.63, 3.8) is 0 Å². The Balaban J connectivity index is 1.89. The molecule has 5 nitrogen and oxygen atoms in total. The lowest BCUT2D eigenvalue weighted by Gasteiger charge is -2.12. The fraction of sp³-hybridized carbons (Fsp3) is 0.294. The molecule has 0 bridgehead atoms. The van der Waals surface area contributed by atoms with E-state index < -0.39 is 0 Å². The average Bonchev–Trinajstić information content (AvgIpc) is 3.05. The van der Waals surface area contributed by atoms with Gasteiger partial charge in [0.2, 0.25) is 0 Å². The Hall–Kier alpha value is -2.40. The first kappa shape index (κ1) is 14.5. The number of fused-ring (bicyclic) bond motifs is 1. The minimum absolute atomic E-state index is 0.610. The number of hydrogen-bond acceptors (Lipinski definition) is 5. The summed E-state index contributed by atoms with van der Waals surface area (Å²) in [6, 6.07) is 11.7. The Morgan fingerprint density at radius 2 is 1.95 bits per heavy atom. The van der Waals surface area contributed by atoms with Gasteiger partial charge in [0.1, 0.15) is 5.82 Å². The lowest BCUT2D eigenvalue weighted by atomic mass is 10.2. The molecule has 0 aliphatic heterocycles. The van der Waals surface area contributed by atoms with Crippen molar-refractivity contribution in [3.8, 4) is 11.6 Å². The topological polar surface area (TPSA) is 54.2 Å². The summed E-state index contributed by atoms with van der Waals surface area (Å²) in [5.41, 5.74) is 0.916. The van der Waals surface area contributed by atoms with Crippen LogP contribution in [0.25, 0.3) is 22.5 Å². The largest absolute Gasteiger partial charge is 0.461 e. The highest BCUT2D eigenvalue weighted by atomic mass is 16.3. The van der Waals surface area contributed by atoms with E-state index in [2.05, 4.69) is 34.3 Å². The number of para-hydroxylation sites is 1. The van der Waals surface area contributed by atoms with E-state index in [1.54, 1.807) is 6.26 Å². The Bertz CT molecular complexity index is 738. The molecule has 2 heterocycles. The SMILES string of the molecule is CN(C)CCCNc1nc(-c2ccco2)nc2ccccc12. The molecule has 0 fully saturated rings. The van der Waals surface area contributed by atoms with E-state index >= 15 is 0 Å². The third-order valence-electron chi connectivity index (χ3n) is 3.42. The number of aromatic nitrogens is 2. The third kappa shape index (κ3) is 3.26. The summed E-state index contributed by atoms with van der Waals surface area (Å²) in [7, 11) is 4.16. The molecule has 0 aliphatic rings. The zero-order chi connectivity index (χ0) is 15.4. The van der Waals surface area contributed by atoms with Crippen LogP contribution in [-0.4, -0.2) is 42.1 Å². The number of anilines is 1. The van der Waals surface area contributed by atoms with E-state index in [9.17, 15) is 0 Å². The minimum atomic E-state index is 0.610. The maximum Gasteiger partial charge on any atom is 0.198 e. The van der Waals surface area contributed by atoms with E-state index in [0.717, 1.165) is 36.2 Å². The van der Waals surface area contributed by atoms with Gasteiger partial charge in [-0.2, -0.15) is 0 Å². The van der Waals surface area contributed by atoms with Gasteiger partial charge < -0.3 is 14.6 Å². The minimum Gasteiger partial charge on any atom is -0.461 e. The molecule has 1 aromatic carbocycles. The van der Waals surface area contributed by atoms with Crippen LogP contribution >= 0.6 is 0 Å². The summed E-state index contributed by atoms with van der Waals surface area (Å²) in [5, 5.41) is 4.46. The Morgan fingerprint density at radius 3 is 2.73 bits per heavy atom. The van der Waals surface area contributed by atoms with Crippen molar-refractivity contribution in [1.82, 2.24) is 14.9 Å². The molecule has 0 saturated heterocycles. The van der Waals surface area contributed by atoms with Gasteiger partial charge >= 0.3 is 0 Å². The highest BCUT2D eigenvalue weighted by molar-refractivity contribution is 5.90. The molecule has 0 spiro atoms. The molecule has 3 aromatic rings. The number of nitrogens with zero attached hydrogens (tertiary/aromatic N) is 3. The smallest absolute Gasteiger partial charge is 0.198 e. The zero-order valence-electron chi connectivity index (χ0n) is 12.9. The van der Waals surface area contributed by atoms with E-state index in [0.29, 0.717) is 11.6 Å². The molecule has 2 aromatic heterocycles. The van der Waals surface area contributed by atoms with E-state index in [-0.39, 0.29) is 0 Å². The second kappa shape index (κ2) is 6.58. The monoisotopic (exact) mass is 296 g/mol. The Kier molecular flexibility index (Phi) is 4.34. The second-order valence-electron chi connectivity index (χ2n) is 5.47. The molecule has 5 heteroatoms. The van der Waals surface area contributed by atoms with Crippen LogP contribution in [0.5, 0.6) is 0 Å². The van der Waals surface area contributed by atoms with Gasteiger partial charge in [-0.05, 0) is 51.3 Å². The van der Waals surface area contributed by atoms with Crippen LogP contribution in [-0.2, 0) is 0 Å². The molecular weight excluding hydrogens is 276 g/mol. The van der Waals surface area contributed by atoms with Crippen LogP contribution < -0.4 is 5.32 Å². The number of rotatable bonds is 6. The summed E-state index contributed by atoms with van der Waals surface area (Å²) in [6.07, 6.45) is 2.69. The molecule has 0 amide bonds. The normalized spacial score (nSPS) is 11.2. The van der Waals surface area contributed by atoms with Crippen molar-refractivity contribution in [2.75, 3.05) is 32.5 Å². The zero-order valence-corrected chi connectivity index (χ0v) is 12.9. The summed E-state index contributed by atoms with van der Waals surface area (Å²) >= 11 is 0. The fourth-order valence-corrected chi connectivity index (χ4v) is 2.33. The van der Waals surface area contributed by atoms with Crippen LogP contribution in [0, 0.1) is 0 Å². The van der Waals surface area contributed by atoms with Crippen molar-refractivity contribution in [2.24, 2.45) is 0 Å². The molecule has 0 atom stereocenters. The Morgan fingerprint density at radius 1 is 1.09 bits per heavy atom. The van der Waals surface area contributed by atoms with Crippen LogP contribution in [0.3, 0.4) is 0 Å². The van der Waals surface area contributed by atoms with Gasteiger partial charge in [0.05, 0.1) is 11.8 Å². The summed E-state index contributed by atoms with van der Waals surface area (Å²) < 4.78 is 5.42. The molecule has 0 unspecified atom stereocenters. The number of nitrogens with one attached hydrogen (secondary N) is 1. The molecule has 0 aliphatic carbocycles. The highest BCUT2D eigenvalue weighted by Crippen LogP contribution is 2.24. The van der Waals surface area contributed by atoms with Gasteiger partial charge in [-0.1, -0.05) is 12.1 Å². The van der Waals surface area contributed by atoms with Gasteiger partial charge in [0.15, 0.2) is 11.6 Å². The van der Waals surface area contributed by atoms with Crippen molar-refractivity contribution < 1.29 is 4.42 Å². The summed E-state index contributed by atoms with van der Waals surface area (Å²) in [4.78, 5) is 11.4. The standard InChI is InChI=1S/C17H20N4O/c1-21(2)11-6-10-18-16-13-7-3-4-8-14(13)19-17(20-16)15-9-5-12-22-15/h3-5,7-9,12H,6,10-11H2,1-2H3,(H,18,19,20). The molecule has 0 radical (unpaired) electrons. The van der Waals surface area contributed by atoms with Crippen molar-refractivity contribution in [1.29, 1.82) is 0 Å². The quantitative estimate of drug-likeness (QED) is 0.708. The van der Waals surface area contributed by atoms with E-state index in [1.807, 2.05) is 36.4 Å². The van der Waals surface area contributed by atoms with Crippen molar-refractivity contribution >= 4 is 16.7 Å². The molecule has 1 N–H and O–H groups in total. The molecule has 114 valence electrons. The predicted molar refractivity (Wildman–Crippen MR) is 88.9 cm³/mol. The molecule has 3 rings (SSSR count). The number of hydrogen-bond donors (Lipinski definition) is 1. The van der Waals surface area contributed by atoms with Gasteiger partial charge in [-0.25, -0.2) is 9.97 Å². The maximum absolute atomic E-state index is 5.42. The molecule has 0 saturated carbocycles. The lowest BCUT2D eigenvalue weighted by molar-refractivity contribution is 0.405. The lowest BCUT2D eigenvalue weighted by Crippen LogP contribution is -2.16. The maximum atomic E-state index is 5.42. The number of furan rings is 1. The van der Waals surface area contributed by atoms with E-state index in [1.165, 1.54) is 0 Å². The van der Waals surface area contributed by atoms with Crippen molar-refractivity contribution in [3.05, 3.63) is 42.7 Å². The number of benzene rings is 1. The van der Waals surface area contributed by atoms with Gasteiger partial charge in [-0.3, -0.25) is 0 Å². The first-order chi connectivity index (χ1) is 10.7. The van der Waals surface area contributed by atoms with Crippen LogP contribution in [0.4, 0.5) is 5.82 Å². The first-order valence-electron chi connectivity index (χ1n) is 7.43. The first-order valence-corrected chi connectivity index (χ1v) is 7.43.